The van der Waals surface area contributed by atoms with Gasteiger partial charge < -0.3 is 10.0 Å². The monoisotopic (exact) mass is 362 g/mol. The van der Waals surface area contributed by atoms with E-state index in [-0.39, 0.29) is 34.6 Å². The lowest BCUT2D eigenvalue weighted by Gasteiger charge is -2.18. The molecule has 106 valence electrons. The molecule has 1 aliphatic rings. The highest BCUT2D eigenvalue weighted by Gasteiger charge is 2.35. The fourth-order valence-corrected chi connectivity index (χ4v) is 2.93. The van der Waals surface area contributed by atoms with Crippen molar-refractivity contribution in [2.75, 3.05) is 11.4 Å². The number of carbonyl (C=O) groups is 2. The third kappa shape index (κ3) is 2.61. The first kappa shape index (κ1) is 14.7. The Morgan fingerprint density at radius 2 is 2.20 bits per heavy atom. The first-order chi connectivity index (χ1) is 9.31. The Labute approximate surface area is 126 Å². The van der Waals surface area contributed by atoms with E-state index in [0.29, 0.717) is 0 Å². The van der Waals surface area contributed by atoms with Gasteiger partial charge in [-0.3, -0.25) is 14.9 Å². The Hall–Kier alpha value is -1.67. The molecule has 1 fully saturated rings. The summed E-state index contributed by atoms with van der Waals surface area (Å²) >= 11 is 8.96. The molecule has 0 aliphatic carbocycles. The lowest BCUT2D eigenvalue weighted by Crippen LogP contribution is -2.26. The number of amides is 1. The van der Waals surface area contributed by atoms with Crippen molar-refractivity contribution in [1.29, 1.82) is 0 Å². The first-order valence-electron chi connectivity index (χ1n) is 5.47. The summed E-state index contributed by atoms with van der Waals surface area (Å²) in [5.41, 5.74) is -0.648. The van der Waals surface area contributed by atoms with Gasteiger partial charge in [0, 0.05) is 23.5 Å². The minimum Gasteiger partial charge on any atom is -0.478 e. The topological polar surface area (TPSA) is 101 Å². The number of alkyl halides is 1. The second-order valence-corrected chi connectivity index (χ2v) is 5.67. The van der Waals surface area contributed by atoms with Crippen LogP contribution in [0.2, 0.25) is 0 Å². The smallest absolute Gasteiger partial charge is 0.335 e. The highest BCUT2D eigenvalue weighted by Crippen LogP contribution is 2.39. The van der Waals surface area contributed by atoms with Gasteiger partial charge in [-0.25, -0.2) is 4.79 Å². The summed E-state index contributed by atoms with van der Waals surface area (Å²) in [7, 11) is 0. The zero-order valence-electron chi connectivity index (χ0n) is 9.88. The van der Waals surface area contributed by atoms with Crippen LogP contribution in [0.1, 0.15) is 16.8 Å². The number of carbonyl (C=O) groups excluding carboxylic acids is 1. The van der Waals surface area contributed by atoms with Crippen LogP contribution in [0, 0.1) is 10.1 Å². The summed E-state index contributed by atoms with van der Waals surface area (Å²) in [6.45, 7) is 0.145. The van der Waals surface area contributed by atoms with Gasteiger partial charge in [0.1, 0.15) is 5.69 Å². The number of aromatic carboxylic acids is 1. The Morgan fingerprint density at radius 3 is 2.65 bits per heavy atom. The Bertz CT molecular complexity index is 621. The minimum atomic E-state index is -1.29. The average molecular weight is 364 g/mol. The van der Waals surface area contributed by atoms with Gasteiger partial charge in [0.05, 0.1) is 15.9 Å². The van der Waals surface area contributed by atoms with Crippen LogP contribution >= 0.6 is 27.5 Å². The number of rotatable bonds is 3. The van der Waals surface area contributed by atoms with E-state index in [9.17, 15) is 19.7 Å². The highest BCUT2D eigenvalue weighted by molar-refractivity contribution is 9.10. The molecule has 1 atom stereocenters. The third-order valence-corrected chi connectivity index (χ3v) is 3.73. The van der Waals surface area contributed by atoms with Crippen molar-refractivity contribution in [3.8, 4) is 0 Å². The van der Waals surface area contributed by atoms with Gasteiger partial charge in [0.2, 0.25) is 5.91 Å². The number of benzene rings is 1. The normalized spacial score (nSPS) is 18.4. The van der Waals surface area contributed by atoms with Crippen LogP contribution in [0.3, 0.4) is 0 Å². The summed E-state index contributed by atoms with van der Waals surface area (Å²) in [6.07, 6.45) is 0.0891. The van der Waals surface area contributed by atoms with E-state index in [1.807, 2.05) is 0 Å². The molecule has 0 aromatic heterocycles. The predicted octanol–water partition coefficient (Wildman–Crippen LogP) is 2.40. The van der Waals surface area contributed by atoms with E-state index < -0.39 is 22.0 Å². The Balaban J connectivity index is 2.60. The van der Waals surface area contributed by atoms with E-state index in [1.165, 1.54) is 11.0 Å². The first-order valence-corrected chi connectivity index (χ1v) is 6.70. The van der Waals surface area contributed by atoms with Crippen LogP contribution in [0.25, 0.3) is 0 Å². The minimum absolute atomic E-state index is 0.0353. The quantitative estimate of drug-likeness (QED) is 0.505. The lowest BCUT2D eigenvalue weighted by molar-refractivity contribution is -0.384. The van der Waals surface area contributed by atoms with E-state index in [2.05, 4.69) is 15.9 Å². The molecule has 1 heterocycles. The molecule has 7 nitrogen and oxygen atoms in total. The predicted molar refractivity (Wildman–Crippen MR) is 74.4 cm³/mol. The molecule has 0 saturated carbocycles. The Kier molecular flexibility index (Phi) is 3.96. The zero-order valence-corrected chi connectivity index (χ0v) is 12.2. The van der Waals surface area contributed by atoms with Gasteiger partial charge in [0.25, 0.3) is 5.69 Å². The van der Waals surface area contributed by atoms with Crippen molar-refractivity contribution >= 4 is 50.8 Å². The summed E-state index contributed by atoms with van der Waals surface area (Å²) in [5.74, 6) is -1.62. The number of hydrogen-bond acceptors (Lipinski definition) is 4. The van der Waals surface area contributed by atoms with Crippen molar-refractivity contribution in [3.63, 3.8) is 0 Å². The molecule has 2 rings (SSSR count). The van der Waals surface area contributed by atoms with Crippen LogP contribution in [0.4, 0.5) is 11.4 Å². The fraction of sp³-hybridized carbons (Fsp3) is 0.273. The van der Waals surface area contributed by atoms with E-state index in [0.717, 1.165) is 6.07 Å². The number of nitrogens with zero attached hydrogens (tertiary/aromatic N) is 2. The maximum atomic E-state index is 11.8. The zero-order chi connectivity index (χ0) is 15.0. The molecular weight excluding hydrogens is 355 g/mol. The number of carboxylic acids is 1. The van der Waals surface area contributed by atoms with E-state index in [4.69, 9.17) is 16.7 Å². The molecule has 1 aromatic carbocycles. The summed E-state index contributed by atoms with van der Waals surface area (Å²) in [6, 6.07) is 2.15. The molecule has 9 heteroatoms. The van der Waals surface area contributed by atoms with Gasteiger partial charge in [-0.1, -0.05) is 0 Å². The number of carboxylic acid groups (broad SMARTS) is 1. The third-order valence-electron chi connectivity index (χ3n) is 2.83. The highest BCUT2D eigenvalue weighted by atomic mass is 79.9. The molecule has 1 amide bonds. The van der Waals surface area contributed by atoms with Crippen molar-refractivity contribution in [2.45, 2.75) is 11.8 Å². The van der Waals surface area contributed by atoms with Gasteiger partial charge in [-0.2, -0.15) is 0 Å². The fourth-order valence-electron chi connectivity index (χ4n) is 1.99. The van der Waals surface area contributed by atoms with E-state index in [1.54, 1.807) is 0 Å². The average Bonchev–Trinajstić information content (AvgIpc) is 2.66. The van der Waals surface area contributed by atoms with Crippen molar-refractivity contribution in [1.82, 2.24) is 0 Å². The van der Waals surface area contributed by atoms with Crippen LogP contribution in [-0.4, -0.2) is 33.8 Å². The molecular formula is C11H8BrClN2O5. The summed E-state index contributed by atoms with van der Waals surface area (Å²) in [4.78, 5) is 34.3. The molecule has 1 saturated heterocycles. The number of halogens is 2. The second-order valence-electron chi connectivity index (χ2n) is 4.19. The van der Waals surface area contributed by atoms with Crippen LogP contribution < -0.4 is 4.90 Å². The van der Waals surface area contributed by atoms with Crippen molar-refractivity contribution in [2.24, 2.45) is 0 Å². The van der Waals surface area contributed by atoms with Gasteiger partial charge in [-0.05, 0) is 22.0 Å². The maximum Gasteiger partial charge on any atom is 0.335 e. The number of anilines is 1. The van der Waals surface area contributed by atoms with Crippen molar-refractivity contribution in [3.05, 3.63) is 32.3 Å². The van der Waals surface area contributed by atoms with Crippen LogP contribution in [0.5, 0.6) is 0 Å². The molecule has 0 radical (unpaired) electrons. The lowest BCUT2D eigenvalue weighted by atomic mass is 10.1. The molecule has 0 bridgehead atoms. The molecule has 1 unspecified atom stereocenters. The molecule has 20 heavy (non-hydrogen) atoms. The van der Waals surface area contributed by atoms with Crippen LogP contribution in [0.15, 0.2) is 16.6 Å². The largest absolute Gasteiger partial charge is 0.478 e. The standard InChI is InChI=1S/C11H8BrClN2O5/c12-7-1-5(11(17)18)2-8(15(19)20)10(7)14-4-6(13)3-9(14)16/h1-2,6H,3-4H2,(H,17,18). The molecule has 0 spiro atoms. The molecule has 1 N–H and O–H groups in total. The van der Waals surface area contributed by atoms with E-state index >= 15 is 0 Å². The number of hydrogen-bond donors (Lipinski definition) is 1. The number of nitro benzene ring substituents is 1. The summed E-state index contributed by atoms with van der Waals surface area (Å²) < 4.78 is 0.170. The van der Waals surface area contributed by atoms with Crippen LogP contribution in [-0.2, 0) is 4.79 Å². The van der Waals surface area contributed by atoms with Gasteiger partial charge >= 0.3 is 5.97 Å². The summed E-state index contributed by atoms with van der Waals surface area (Å²) in [5, 5.41) is 19.6. The molecule has 1 aromatic rings. The second kappa shape index (κ2) is 5.37. The maximum absolute atomic E-state index is 11.8. The van der Waals surface area contributed by atoms with Crippen molar-refractivity contribution < 1.29 is 19.6 Å². The molecule has 1 aliphatic heterocycles. The van der Waals surface area contributed by atoms with Gasteiger partial charge in [0.15, 0.2) is 0 Å². The Morgan fingerprint density at radius 1 is 1.55 bits per heavy atom. The van der Waals surface area contributed by atoms with Gasteiger partial charge in [-0.15, -0.1) is 11.6 Å². The number of nitro groups is 1. The SMILES string of the molecule is O=C(O)c1cc(Br)c(N2CC(Cl)CC2=O)c([N+](=O)[O-])c1.